The molecule has 0 aromatic heterocycles. The van der Waals surface area contributed by atoms with Crippen molar-refractivity contribution in [3.8, 4) is 11.5 Å². The average Bonchev–Trinajstić information content (AvgIpc) is 3.88. The zero-order chi connectivity index (χ0) is 38.1. The summed E-state index contributed by atoms with van der Waals surface area (Å²) in [5, 5.41) is 10.3. The summed E-state index contributed by atoms with van der Waals surface area (Å²) in [6.07, 6.45) is 9.92. The van der Waals surface area contributed by atoms with Crippen molar-refractivity contribution in [2.45, 2.75) is 94.4 Å². The summed E-state index contributed by atoms with van der Waals surface area (Å²) in [4.78, 5) is 52.3. The van der Waals surface area contributed by atoms with E-state index >= 15 is 0 Å². The minimum absolute atomic E-state index is 0.143. The third kappa shape index (κ3) is 9.00. The molecule has 7 rings (SSSR count). The number of carboxylic acids is 1. The highest BCUT2D eigenvalue weighted by Gasteiger charge is 2.42. The predicted octanol–water partition coefficient (Wildman–Crippen LogP) is 8.33. The Bertz CT molecular complexity index is 1980. The zero-order valence-corrected chi connectivity index (χ0v) is 31.2. The lowest BCUT2D eigenvalue weighted by Gasteiger charge is -2.25. The molecule has 4 unspecified atom stereocenters. The maximum atomic E-state index is 12.8. The molecular weight excluding hydrogens is 695 g/mol. The van der Waals surface area contributed by atoms with E-state index in [1.165, 1.54) is 0 Å². The molecule has 0 bridgehead atoms. The number of benzene rings is 4. The first-order valence-corrected chi connectivity index (χ1v) is 19.8. The molecule has 1 saturated heterocycles. The van der Waals surface area contributed by atoms with Gasteiger partial charge < -0.3 is 19.3 Å². The van der Waals surface area contributed by atoms with Crippen molar-refractivity contribution < 1.29 is 38.5 Å². The number of aliphatic carboxylic acids is 1. The molecule has 9 heteroatoms. The van der Waals surface area contributed by atoms with Crippen LogP contribution in [0, 0.1) is 0 Å². The largest absolute Gasteiger partial charge is 0.480 e. The van der Waals surface area contributed by atoms with E-state index in [4.69, 9.17) is 14.2 Å². The van der Waals surface area contributed by atoms with E-state index in [9.17, 15) is 24.3 Å². The Morgan fingerprint density at radius 3 is 1.85 bits per heavy atom. The molecule has 0 spiro atoms. The van der Waals surface area contributed by atoms with Gasteiger partial charge in [0.1, 0.15) is 29.4 Å². The topological polar surface area (TPSA) is 119 Å². The van der Waals surface area contributed by atoms with Gasteiger partial charge in [0, 0.05) is 23.5 Å². The number of hydrogen-bond acceptors (Lipinski definition) is 8. The molecule has 0 radical (unpaired) electrons. The standard InChI is InChI=1S/C46H49NO8/c48-40(24-20-31-19-22-38-36(29-31)41(45(51)54-38)32-15-9-7-10-16-32)53-28-14-6-4-2-1-3-5-13-26-47-27-25-35(43(47)44(49)50)34-21-23-39-37(30-34)42(46(52)55-39)33-17-11-8-12-18-33/h7-12,15-19,21-23,29-30,35,41-43H,1-6,13-14,20,24-28H2,(H,49,50). The van der Waals surface area contributed by atoms with E-state index < -0.39 is 23.8 Å². The summed E-state index contributed by atoms with van der Waals surface area (Å²) in [6.45, 7) is 1.92. The second kappa shape index (κ2) is 17.9. The van der Waals surface area contributed by atoms with Gasteiger partial charge in [-0.15, -0.1) is 0 Å². The molecule has 286 valence electrons. The lowest BCUT2D eigenvalue weighted by atomic mass is 9.86. The Balaban J connectivity index is 0.760. The number of unbranched alkanes of at least 4 members (excludes halogenated alkanes) is 7. The van der Waals surface area contributed by atoms with Crippen LogP contribution < -0.4 is 9.47 Å². The first-order chi connectivity index (χ1) is 26.9. The minimum Gasteiger partial charge on any atom is -0.480 e. The Hall–Kier alpha value is -5.28. The molecule has 3 heterocycles. The molecule has 1 fully saturated rings. The molecule has 4 atom stereocenters. The Morgan fingerprint density at radius 1 is 0.673 bits per heavy atom. The second-order valence-electron chi connectivity index (χ2n) is 15.0. The summed E-state index contributed by atoms with van der Waals surface area (Å²) < 4.78 is 16.5. The van der Waals surface area contributed by atoms with Crippen LogP contribution in [-0.2, 0) is 30.3 Å². The van der Waals surface area contributed by atoms with E-state index in [-0.39, 0.29) is 30.2 Å². The summed E-state index contributed by atoms with van der Waals surface area (Å²) in [7, 11) is 0. The number of ether oxygens (including phenoxy) is 3. The summed E-state index contributed by atoms with van der Waals surface area (Å²) in [6, 6.07) is 30.0. The van der Waals surface area contributed by atoms with Crippen molar-refractivity contribution >= 4 is 23.9 Å². The van der Waals surface area contributed by atoms with Gasteiger partial charge in [0.25, 0.3) is 0 Å². The second-order valence-corrected chi connectivity index (χ2v) is 15.0. The Kier molecular flexibility index (Phi) is 12.4. The van der Waals surface area contributed by atoms with Gasteiger partial charge in [0.15, 0.2) is 0 Å². The average molecular weight is 744 g/mol. The monoisotopic (exact) mass is 743 g/mol. The van der Waals surface area contributed by atoms with E-state index in [0.29, 0.717) is 24.5 Å². The number of hydrogen-bond donors (Lipinski definition) is 1. The lowest BCUT2D eigenvalue weighted by molar-refractivity contribution is -0.144. The highest BCUT2D eigenvalue weighted by molar-refractivity contribution is 5.90. The summed E-state index contributed by atoms with van der Waals surface area (Å²) in [5.74, 6) is -1.52. The number of aryl methyl sites for hydroxylation is 1. The van der Waals surface area contributed by atoms with Crippen LogP contribution in [0.5, 0.6) is 11.5 Å². The van der Waals surface area contributed by atoms with E-state index in [2.05, 4.69) is 4.90 Å². The van der Waals surface area contributed by atoms with E-state index in [1.54, 1.807) is 0 Å². The number of likely N-dealkylation sites (tertiary alicyclic amines) is 1. The molecule has 4 aromatic carbocycles. The maximum absolute atomic E-state index is 12.8. The fourth-order valence-electron chi connectivity index (χ4n) is 8.47. The van der Waals surface area contributed by atoms with E-state index in [1.807, 2.05) is 97.1 Å². The van der Waals surface area contributed by atoms with Crippen molar-refractivity contribution in [1.82, 2.24) is 4.90 Å². The highest BCUT2D eigenvalue weighted by atomic mass is 16.5. The van der Waals surface area contributed by atoms with Crippen molar-refractivity contribution in [2.24, 2.45) is 0 Å². The molecule has 0 saturated carbocycles. The molecule has 0 aliphatic carbocycles. The number of nitrogens with zero attached hydrogens (tertiary/aromatic N) is 1. The van der Waals surface area contributed by atoms with E-state index in [0.717, 1.165) is 104 Å². The highest BCUT2D eigenvalue weighted by Crippen LogP contribution is 2.43. The number of carbonyl (C=O) groups excluding carboxylic acids is 3. The molecule has 55 heavy (non-hydrogen) atoms. The maximum Gasteiger partial charge on any atom is 0.323 e. The van der Waals surface area contributed by atoms with Crippen LogP contribution in [0.15, 0.2) is 97.1 Å². The van der Waals surface area contributed by atoms with Crippen LogP contribution in [0.3, 0.4) is 0 Å². The third-order valence-electron chi connectivity index (χ3n) is 11.3. The van der Waals surface area contributed by atoms with Crippen LogP contribution >= 0.6 is 0 Å². The Labute approximate surface area is 322 Å². The van der Waals surface area contributed by atoms with Crippen molar-refractivity contribution in [1.29, 1.82) is 0 Å². The fourth-order valence-corrected chi connectivity index (χ4v) is 8.47. The first-order valence-electron chi connectivity index (χ1n) is 19.8. The van der Waals surface area contributed by atoms with Gasteiger partial charge in [-0.3, -0.25) is 24.1 Å². The molecule has 9 nitrogen and oxygen atoms in total. The summed E-state index contributed by atoms with van der Waals surface area (Å²) >= 11 is 0. The molecule has 3 aliphatic heterocycles. The zero-order valence-electron chi connectivity index (χ0n) is 31.2. The lowest BCUT2D eigenvalue weighted by Crippen LogP contribution is -2.39. The normalized spacial score (nSPS) is 20.1. The van der Waals surface area contributed by atoms with Gasteiger partial charge in [0.2, 0.25) is 0 Å². The predicted molar refractivity (Wildman–Crippen MR) is 207 cm³/mol. The molecular formula is C46H49NO8. The smallest absolute Gasteiger partial charge is 0.323 e. The summed E-state index contributed by atoms with van der Waals surface area (Å²) in [5.41, 5.74) is 5.35. The van der Waals surface area contributed by atoms with Gasteiger partial charge in [-0.25, -0.2) is 0 Å². The van der Waals surface area contributed by atoms with Crippen LogP contribution in [0.4, 0.5) is 0 Å². The van der Waals surface area contributed by atoms with Crippen LogP contribution in [0.2, 0.25) is 0 Å². The number of esters is 3. The van der Waals surface area contributed by atoms with Gasteiger partial charge in [-0.05, 0) is 73.2 Å². The number of carboxylic acid groups (broad SMARTS) is 1. The number of carbonyl (C=O) groups is 4. The van der Waals surface area contributed by atoms with Gasteiger partial charge in [-0.1, -0.05) is 123 Å². The Morgan fingerprint density at radius 2 is 1.24 bits per heavy atom. The quantitative estimate of drug-likeness (QED) is 0.0610. The van der Waals surface area contributed by atoms with Gasteiger partial charge in [-0.2, -0.15) is 0 Å². The molecule has 1 N–H and O–H groups in total. The minimum atomic E-state index is -0.800. The van der Waals surface area contributed by atoms with Crippen LogP contribution in [0.1, 0.15) is 115 Å². The molecule has 3 aliphatic rings. The molecule has 4 aromatic rings. The number of rotatable bonds is 18. The SMILES string of the molecule is O=C(CCc1ccc2c(c1)C(c1ccccc1)C(=O)O2)OCCCCCCCCCCN1CCC(c2ccc3c(c2)C(c2ccccc2)C(=O)O3)C1C(=O)O. The fraction of sp³-hybridized carbons (Fsp3) is 0.391. The van der Waals surface area contributed by atoms with Gasteiger partial charge in [0.05, 0.1) is 6.61 Å². The van der Waals surface area contributed by atoms with Gasteiger partial charge >= 0.3 is 23.9 Å². The van der Waals surface area contributed by atoms with Crippen molar-refractivity contribution in [2.75, 3.05) is 19.7 Å². The van der Waals surface area contributed by atoms with Crippen molar-refractivity contribution in [3.63, 3.8) is 0 Å². The van der Waals surface area contributed by atoms with Crippen LogP contribution in [0.25, 0.3) is 0 Å². The van der Waals surface area contributed by atoms with Crippen molar-refractivity contribution in [3.05, 3.63) is 130 Å². The first kappa shape index (κ1) is 38.0. The number of fused-ring (bicyclic) bond motifs is 2. The van der Waals surface area contributed by atoms with Crippen LogP contribution in [-0.4, -0.2) is 59.6 Å². The molecule has 0 amide bonds. The third-order valence-corrected chi connectivity index (χ3v) is 11.3.